The second-order valence-electron chi connectivity index (χ2n) is 3.47. The predicted molar refractivity (Wildman–Crippen MR) is 57.0 cm³/mol. The molecule has 0 aliphatic rings. The summed E-state index contributed by atoms with van der Waals surface area (Å²) in [5, 5.41) is 27.5. The average molecular weight is 205 g/mol. The van der Waals surface area contributed by atoms with Gasteiger partial charge in [0.1, 0.15) is 6.10 Å². The van der Waals surface area contributed by atoms with E-state index in [0.29, 0.717) is 5.56 Å². The van der Waals surface area contributed by atoms with Gasteiger partial charge >= 0.3 is 0 Å². The number of nitrogens with zero attached hydrogens (tertiary/aromatic N) is 1. The van der Waals surface area contributed by atoms with Crippen LogP contribution in [-0.4, -0.2) is 16.3 Å². The lowest BCUT2D eigenvalue weighted by atomic mass is 10.0. The molecule has 0 spiro atoms. The van der Waals surface area contributed by atoms with Crippen LogP contribution in [0.25, 0.3) is 0 Å². The van der Waals surface area contributed by atoms with E-state index in [0.717, 1.165) is 6.42 Å². The molecule has 0 aromatic heterocycles. The molecular formula is C12H15NO2. The van der Waals surface area contributed by atoms with Crippen LogP contribution in [0, 0.1) is 11.3 Å². The van der Waals surface area contributed by atoms with Gasteiger partial charge in [-0.2, -0.15) is 5.26 Å². The van der Waals surface area contributed by atoms with Crippen molar-refractivity contribution in [1.82, 2.24) is 0 Å². The lowest BCUT2D eigenvalue weighted by molar-refractivity contribution is 0.0216. The molecule has 1 rings (SSSR count). The smallest absolute Gasteiger partial charge is 0.106 e. The Bertz CT molecular complexity index is 340. The molecule has 1 aromatic carbocycles. The first-order chi connectivity index (χ1) is 7.19. The molecule has 3 nitrogen and oxygen atoms in total. The lowest BCUT2D eigenvalue weighted by Gasteiger charge is -2.15. The molecule has 80 valence electrons. The third-order valence-corrected chi connectivity index (χ3v) is 2.39. The number of aryl methyl sites for hydroxylation is 1. The largest absolute Gasteiger partial charge is 0.389 e. The molecule has 0 aliphatic carbocycles. The Labute approximate surface area is 89.6 Å². The van der Waals surface area contributed by atoms with Crippen molar-refractivity contribution < 1.29 is 10.2 Å². The first-order valence-electron chi connectivity index (χ1n) is 5.01. The second kappa shape index (κ2) is 5.50. The Morgan fingerprint density at radius 1 is 1.27 bits per heavy atom. The molecular weight excluding hydrogens is 190 g/mol. The van der Waals surface area contributed by atoms with Gasteiger partial charge in [0.15, 0.2) is 0 Å². The van der Waals surface area contributed by atoms with Crippen molar-refractivity contribution in [3.05, 3.63) is 35.4 Å². The summed E-state index contributed by atoms with van der Waals surface area (Å²) in [6.45, 7) is 2.05. The molecule has 15 heavy (non-hydrogen) atoms. The second-order valence-corrected chi connectivity index (χ2v) is 3.47. The molecule has 2 N–H and O–H groups in total. The summed E-state index contributed by atoms with van der Waals surface area (Å²) in [4.78, 5) is 0. The maximum Gasteiger partial charge on any atom is 0.106 e. The lowest BCUT2D eigenvalue weighted by Crippen LogP contribution is -2.17. The Morgan fingerprint density at radius 3 is 2.33 bits per heavy atom. The SMILES string of the molecule is CCc1ccc(C(O)C(O)CC#N)cc1. The van der Waals surface area contributed by atoms with E-state index in [-0.39, 0.29) is 6.42 Å². The van der Waals surface area contributed by atoms with Gasteiger partial charge in [-0.3, -0.25) is 0 Å². The van der Waals surface area contributed by atoms with Crippen LogP contribution in [0.15, 0.2) is 24.3 Å². The molecule has 0 radical (unpaired) electrons. The summed E-state index contributed by atoms with van der Waals surface area (Å²) < 4.78 is 0. The fourth-order valence-electron chi connectivity index (χ4n) is 1.38. The molecule has 0 saturated heterocycles. The van der Waals surface area contributed by atoms with Crippen LogP contribution in [0.4, 0.5) is 0 Å². The molecule has 0 heterocycles. The zero-order valence-electron chi connectivity index (χ0n) is 8.72. The Morgan fingerprint density at radius 2 is 1.87 bits per heavy atom. The quantitative estimate of drug-likeness (QED) is 0.784. The van der Waals surface area contributed by atoms with Crippen LogP contribution in [0.1, 0.15) is 30.6 Å². The van der Waals surface area contributed by atoms with Crippen molar-refractivity contribution >= 4 is 0 Å². The van der Waals surface area contributed by atoms with Gasteiger partial charge in [-0.25, -0.2) is 0 Å². The third kappa shape index (κ3) is 3.05. The van der Waals surface area contributed by atoms with Gasteiger partial charge < -0.3 is 10.2 Å². The maximum atomic E-state index is 9.68. The Kier molecular flexibility index (Phi) is 4.29. The van der Waals surface area contributed by atoms with Crippen molar-refractivity contribution in [2.75, 3.05) is 0 Å². The summed E-state index contributed by atoms with van der Waals surface area (Å²) in [5.41, 5.74) is 1.83. The van der Waals surface area contributed by atoms with Gasteiger partial charge in [0.25, 0.3) is 0 Å². The van der Waals surface area contributed by atoms with Gasteiger partial charge in [-0.05, 0) is 17.5 Å². The van der Waals surface area contributed by atoms with Crippen LogP contribution < -0.4 is 0 Å². The Hall–Kier alpha value is -1.37. The summed E-state index contributed by atoms with van der Waals surface area (Å²) in [5.74, 6) is 0. The van der Waals surface area contributed by atoms with Crippen molar-refractivity contribution in [2.24, 2.45) is 0 Å². The first kappa shape index (κ1) is 11.7. The molecule has 2 unspecified atom stereocenters. The van der Waals surface area contributed by atoms with Crippen LogP contribution in [0.5, 0.6) is 0 Å². The molecule has 0 aliphatic heterocycles. The highest BCUT2D eigenvalue weighted by Crippen LogP contribution is 2.19. The minimum absolute atomic E-state index is 0.0588. The summed E-state index contributed by atoms with van der Waals surface area (Å²) in [6, 6.07) is 9.22. The fourth-order valence-corrected chi connectivity index (χ4v) is 1.38. The van der Waals surface area contributed by atoms with Crippen LogP contribution in [0.3, 0.4) is 0 Å². The van der Waals surface area contributed by atoms with Crippen molar-refractivity contribution in [1.29, 1.82) is 5.26 Å². The van der Waals surface area contributed by atoms with E-state index < -0.39 is 12.2 Å². The van der Waals surface area contributed by atoms with Gasteiger partial charge in [0.2, 0.25) is 0 Å². The number of hydrogen-bond acceptors (Lipinski definition) is 3. The first-order valence-corrected chi connectivity index (χ1v) is 5.01. The third-order valence-electron chi connectivity index (χ3n) is 2.39. The van der Waals surface area contributed by atoms with E-state index in [1.807, 2.05) is 18.2 Å². The number of aliphatic hydroxyl groups is 2. The highest BCUT2D eigenvalue weighted by molar-refractivity contribution is 5.24. The summed E-state index contributed by atoms with van der Waals surface area (Å²) in [6.07, 6.45) is -1.11. The number of hydrogen-bond donors (Lipinski definition) is 2. The van der Waals surface area contributed by atoms with E-state index >= 15 is 0 Å². The number of nitriles is 1. The zero-order chi connectivity index (χ0) is 11.3. The van der Waals surface area contributed by atoms with E-state index in [2.05, 4.69) is 6.92 Å². The van der Waals surface area contributed by atoms with E-state index in [4.69, 9.17) is 5.26 Å². The van der Waals surface area contributed by atoms with E-state index in [1.54, 1.807) is 12.1 Å². The standard InChI is InChI=1S/C12H15NO2/c1-2-9-3-5-10(6-4-9)12(15)11(14)7-8-13/h3-6,11-12,14-15H,2,7H2,1H3. The number of rotatable bonds is 4. The van der Waals surface area contributed by atoms with Crippen molar-refractivity contribution in [3.8, 4) is 6.07 Å². The predicted octanol–water partition coefficient (Wildman–Crippen LogP) is 1.56. The molecule has 1 aromatic rings. The van der Waals surface area contributed by atoms with Crippen LogP contribution in [0.2, 0.25) is 0 Å². The van der Waals surface area contributed by atoms with Crippen molar-refractivity contribution in [3.63, 3.8) is 0 Å². The fraction of sp³-hybridized carbons (Fsp3) is 0.417. The van der Waals surface area contributed by atoms with Crippen molar-refractivity contribution in [2.45, 2.75) is 32.0 Å². The van der Waals surface area contributed by atoms with Gasteiger partial charge in [0.05, 0.1) is 18.6 Å². The van der Waals surface area contributed by atoms with Gasteiger partial charge in [-0.1, -0.05) is 31.2 Å². The summed E-state index contributed by atoms with van der Waals surface area (Å²) >= 11 is 0. The van der Waals surface area contributed by atoms with E-state index in [1.165, 1.54) is 5.56 Å². The molecule has 0 amide bonds. The normalized spacial score (nSPS) is 14.3. The monoisotopic (exact) mass is 205 g/mol. The Balaban J connectivity index is 2.74. The van der Waals surface area contributed by atoms with Crippen LogP contribution >= 0.6 is 0 Å². The molecule has 2 atom stereocenters. The topological polar surface area (TPSA) is 64.2 Å². The zero-order valence-corrected chi connectivity index (χ0v) is 8.72. The minimum Gasteiger partial charge on any atom is -0.389 e. The van der Waals surface area contributed by atoms with Gasteiger partial charge in [-0.15, -0.1) is 0 Å². The molecule has 3 heteroatoms. The summed E-state index contributed by atoms with van der Waals surface area (Å²) in [7, 11) is 0. The van der Waals surface area contributed by atoms with Gasteiger partial charge in [0, 0.05) is 0 Å². The average Bonchev–Trinajstić information content (AvgIpc) is 2.28. The number of aliphatic hydroxyl groups excluding tert-OH is 2. The number of benzene rings is 1. The molecule has 0 saturated carbocycles. The molecule has 0 fully saturated rings. The highest BCUT2D eigenvalue weighted by Gasteiger charge is 2.17. The van der Waals surface area contributed by atoms with Crippen LogP contribution in [-0.2, 0) is 6.42 Å². The minimum atomic E-state index is -1.01. The molecule has 0 bridgehead atoms. The van der Waals surface area contributed by atoms with E-state index in [9.17, 15) is 10.2 Å². The maximum absolute atomic E-state index is 9.68. The highest BCUT2D eigenvalue weighted by atomic mass is 16.3.